The zero-order valence-corrected chi connectivity index (χ0v) is 18.4. The molecule has 0 unspecified atom stereocenters. The van der Waals surface area contributed by atoms with E-state index in [2.05, 4.69) is 4.72 Å². The van der Waals surface area contributed by atoms with Crippen LogP contribution in [0.4, 0.5) is 8.78 Å². The van der Waals surface area contributed by atoms with Gasteiger partial charge < -0.3 is 0 Å². The molecule has 2 atom stereocenters. The maximum atomic E-state index is 13.7. The summed E-state index contributed by atoms with van der Waals surface area (Å²) in [6.07, 6.45) is -0.0580. The quantitative estimate of drug-likeness (QED) is 0.771. The van der Waals surface area contributed by atoms with Crippen molar-refractivity contribution >= 4 is 33.5 Å². The van der Waals surface area contributed by atoms with Crippen molar-refractivity contribution in [2.75, 3.05) is 0 Å². The highest BCUT2D eigenvalue weighted by atomic mass is 35.5. The van der Waals surface area contributed by atoms with Crippen LogP contribution in [0.3, 0.4) is 0 Å². The van der Waals surface area contributed by atoms with Gasteiger partial charge in [0.2, 0.25) is 5.92 Å². The third-order valence-corrected chi connectivity index (χ3v) is 7.74. The van der Waals surface area contributed by atoms with Crippen LogP contribution in [-0.2, 0) is 22.9 Å². The molecule has 4 rings (SSSR count). The first-order valence-electron chi connectivity index (χ1n) is 9.63. The Morgan fingerprint density at radius 2 is 1.97 bits per heavy atom. The van der Waals surface area contributed by atoms with Crippen molar-refractivity contribution < 1.29 is 13.0 Å². The molecule has 1 aliphatic carbocycles. The Balaban J connectivity index is 1.85. The van der Waals surface area contributed by atoms with Gasteiger partial charge in [0.05, 0.1) is 26.6 Å². The number of benzene rings is 1. The zero-order chi connectivity index (χ0) is 21.4. The topological polar surface area (TPSA) is 64.0 Å². The average Bonchev–Trinajstić information content (AvgIpc) is 2.92. The number of halogens is 3. The summed E-state index contributed by atoms with van der Waals surface area (Å²) in [5.41, 5.74) is 0.0790. The van der Waals surface area contributed by atoms with Gasteiger partial charge >= 0.3 is 0 Å². The molecule has 1 spiro atoms. The van der Waals surface area contributed by atoms with Gasteiger partial charge in [-0.05, 0) is 51.8 Å². The van der Waals surface area contributed by atoms with E-state index in [1.54, 1.807) is 12.1 Å². The molecule has 9 heteroatoms. The molecular weight excluding hydrogens is 420 g/mol. The Morgan fingerprint density at radius 1 is 1.31 bits per heavy atom. The molecule has 0 bridgehead atoms. The summed E-state index contributed by atoms with van der Waals surface area (Å²) in [4.78, 5) is 17.8. The summed E-state index contributed by atoms with van der Waals surface area (Å²) in [5.74, 6) is -2.27. The van der Waals surface area contributed by atoms with Crippen LogP contribution >= 0.6 is 11.6 Å². The maximum absolute atomic E-state index is 13.7. The Hall–Kier alpha value is -1.38. The van der Waals surface area contributed by atoms with Gasteiger partial charge in [0.15, 0.2) is 0 Å². The van der Waals surface area contributed by atoms with Gasteiger partial charge in [-0.3, -0.25) is 9.36 Å². The first-order valence-corrected chi connectivity index (χ1v) is 11.2. The predicted octanol–water partition coefficient (Wildman–Crippen LogP) is 4.23. The van der Waals surface area contributed by atoms with Gasteiger partial charge in [-0.2, -0.15) is 0 Å². The number of fused-ring (bicyclic) bond motifs is 3. The fraction of sp³-hybridized carbons (Fsp3) is 0.600. The molecule has 0 amide bonds. The molecule has 0 radical (unpaired) electrons. The highest BCUT2D eigenvalue weighted by Crippen LogP contribution is 2.57. The number of hydrogen-bond acceptors (Lipinski definition) is 3. The molecule has 2 heterocycles. The third kappa shape index (κ3) is 3.43. The molecule has 5 nitrogen and oxygen atoms in total. The molecular formula is C20H24ClF2N3O2S. The first kappa shape index (κ1) is 20.9. The van der Waals surface area contributed by atoms with E-state index in [-0.39, 0.29) is 18.4 Å². The lowest BCUT2D eigenvalue weighted by Crippen LogP contribution is -2.49. The molecule has 1 aliphatic heterocycles. The van der Waals surface area contributed by atoms with E-state index in [1.807, 2.05) is 27.7 Å². The number of hydrogen-bond donors (Lipinski definition) is 1. The van der Waals surface area contributed by atoms with E-state index < -0.39 is 33.1 Å². The minimum atomic E-state index is -2.71. The largest absolute Gasteiger partial charge is 0.296 e. The van der Waals surface area contributed by atoms with Crippen molar-refractivity contribution in [3.05, 3.63) is 38.9 Å². The van der Waals surface area contributed by atoms with E-state index in [4.69, 9.17) is 16.6 Å². The lowest BCUT2D eigenvalue weighted by molar-refractivity contribution is -0.127. The van der Waals surface area contributed by atoms with Crippen molar-refractivity contribution in [1.29, 1.82) is 0 Å². The first-order chi connectivity index (χ1) is 13.3. The Kier molecular flexibility index (Phi) is 4.72. The van der Waals surface area contributed by atoms with E-state index in [0.29, 0.717) is 40.3 Å². The van der Waals surface area contributed by atoms with E-state index in [0.717, 1.165) is 0 Å². The molecule has 1 aromatic carbocycles. The van der Waals surface area contributed by atoms with Gasteiger partial charge in [0, 0.05) is 35.9 Å². The molecule has 1 N–H and O–H groups in total. The smallest absolute Gasteiger partial charge is 0.261 e. The second-order valence-electron chi connectivity index (χ2n) is 9.24. The molecule has 2 aromatic rings. The van der Waals surface area contributed by atoms with E-state index in [9.17, 15) is 17.8 Å². The van der Waals surface area contributed by atoms with Gasteiger partial charge in [0.1, 0.15) is 5.82 Å². The Bertz CT molecular complexity index is 1090. The normalized spacial score (nSPS) is 21.8. The van der Waals surface area contributed by atoms with E-state index in [1.165, 1.54) is 4.57 Å². The highest BCUT2D eigenvalue weighted by Gasteiger charge is 2.61. The maximum Gasteiger partial charge on any atom is 0.261 e. The lowest BCUT2D eigenvalue weighted by Gasteiger charge is -2.43. The fourth-order valence-corrected chi connectivity index (χ4v) is 5.40. The van der Waals surface area contributed by atoms with Gasteiger partial charge in [-0.1, -0.05) is 11.6 Å². The molecule has 1 fully saturated rings. The molecule has 1 saturated carbocycles. The summed E-state index contributed by atoms with van der Waals surface area (Å²) in [6, 6.07) is 2.87. The fourth-order valence-electron chi connectivity index (χ4n) is 4.37. The van der Waals surface area contributed by atoms with Crippen LogP contribution < -0.4 is 10.3 Å². The van der Waals surface area contributed by atoms with Gasteiger partial charge in [0.25, 0.3) is 5.56 Å². The third-order valence-electron chi connectivity index (χ3n) is 5.84. The molecule has 158 valence electrons. The molecule has 29 heavy (non-hydrogen) atoms. The number of nitrogens with zero attached hydrogens (tertiary/aromatic N) is 2. The zero-order valence-electron chi connectivity index (χ0n) is 16.8. The van der Waals surface area contributed by atoms with Crippen LogP contribution in [0, 0.1) is 0 Å². The van der Waals surface area contributed by atoms with Crippen molar-refractivity contribution in [2.45, 2.75) is 75.6 Å². The summed E-state index contributed by atoms with van der Waals surface area (Å²) in [7, 11) is -1.34. The Morgan fingerprint density at radius 3 is 2.55 bits per heavy atom. The number of rotatable bonds is 3. The van der Waals surface area contributed by atoms with Crippen molar-refractivity contribution in [2.24, 2.45) is 0 Å². The standard InChI is InChI=1S/C20H24ClF2N3O2S/c1-11(25-29(28)18(2,3)4)13-7-12(21)8-14-15(13)24-17-19(9-20(22,23)10-19)5-6-26(17)16(14)27/h7-8,11,25H,5-6,9-10H2,1-4H3/t11-,29-/m1/s1. The van der Waals surface area contributed by atoms with Crippen molar-refractivity contribution in [1.82, 2.24) is 14.3 Å². The Labute approximate surface area is 175 Å². The van der Waals surface area contributed by atoms with Crippen LogP contribution in [0.5, 0.6) is 0 Å². The lowest BCUT2D eigenvalue weighted by atomic mass is 9.65. The summed E-state index contributed by atoms with van der Waals surface area (Å²) < 4.78 is 44.0. The van der Waals surface area contributed by atoms with Crippen LogP contribution in [-0.4, -0.2) is 24.4 Å². The molecule has 2 aliphatic rings. The number of aromatic nitrogens is 2. The minimum Gasteiger partial charge on any atom is -0.296 e. The summed E-state index contributed by atoms with van der Waals surface area (Å²) in [6.45, 7) is 7.79. The monoisotopic (exact) mass is 443 g/mol. The average molecular weight is 444 g/mol. The highest BCUT2D eigenvalue weighted by molar-refractivity contribution is 7.84. The van der Waals surface area contributed by atoms with Crippen LogP contribution in [0.2, 0.25) is 5.02 Å². The van der Waals surface area contributed by atoms with Gasteiger partial charge in [-0.25, -0.2) is 22.7 Å². The van der Waals surface area contributed by atoms with Crippen LogP contribution in [0.1, 0.15) is 64.4 Å². The number of nitrogens with one attached hydrogen (secondary N) is 1. The summed E-state index contributed by atoms with van der Waals surface area (Å²) in [5, 5.41) is 0.736. The van der Waals surface area contributed by atoms with Crippen molar-refractivity contribution in [3.63, 3.8) is 0 Å². The van der Waals surface area contributed by atoms with E-state index >= 15 is 0 Å². The number of alkyl halides is 2. The second-order valence-corrected chi connectivity index (χ2v) is 11.7. The van der Waals surface area contributed by atoms with Gasteiger partial charge in [-0.15, -0.1) is 0 Å². The molecule has 0 saturated heterocycles. The van der Waals surface area contributed by atoms with Crippen LogP contribution in [0.15, 0.2) is 16.9 Å². The second kappa shape index (κ2) is 6.56. The minimum absolute atomic E-state index is 0.259. The predicted molar refractivity (Wildman–Crippen MR) is 111 cm³/mol. The van der Waals surface area contributed by atoms with Crippen molar-refractivity contribution in [3.8, 4) is 0 Å². The molecule has 1 aromatic heterocycles. The van der Waals surface area contributed by atoms with Crippen LogP contribution in [0.25, 0.3) is 10.9 Å². The summed E-state index contributed by atoms with van der Waals surface area (Å²) >= 11 is 6.27. The SMILES string of the molecule is C[C@@H](N[S@](=O)C(C)(C)C)c1cc(Cl)cc2c(=O)n3c(nc12)C1(CC3)CC(F)(F)C1.